The van der Waals surface area contributed by atoms with E-state index in [0.29, 0.717) is 6.04 Å². The minimum atomic E-state index is 0.572. The first kappa shape index (κ1) is 10.4. The van der Waals surface area contributed by atoms with Gasteiger partial charge in [0.25, 0.3) is 0 Å². The SMILES string of the molecule is CCc1nc(-c2cnn(C)c2)c(N)n1C1CC1. The van der Waals surface area contributed by atoms with Crippen LogP contribution in [0.15, 0.2) is 12.4 Å². The molecule has 0 aromatic carbocycles. The molecule has 2 aromatic rings. The molecule has 0 radical (unpaired) electrons. The predicted molar refractivity (Wildman–Crippen MR) is 66.5 cm³/mol. The van der Waals surface area contributed by atoms with Gasteiger partial charge >= 0.3 is 0 Å². The van der Waals surface area contributed by atoms with Gasteiger partial charge in [-0.3, -0.25) is 4.68 Å². The molecule has 90 valence electrons. The lowest BCUT2D eigenvalue weighted by molar-refractivity contribution is 0.696. The van der Waals surface area contributed by atoms with Crippen LogP contribution >= 0.6 is 0 Å². The highest BCUT2D eigenvalue weighted by molar-refractivity contribution is 5.70. The fourth-order valence-electron chi connectivity index (χ4n) is 2.24. The lowest BCUT2D eigenvalue weighted by Gasteiger charge is -2.05. The van der Waals surface area contributed by atoms with Gasteiger partial charge in [-0.05, 0) is 12.8 Å². The Balaban J connectivity index is 2.11. The second kappa shape index (κ2) is 3.61. The van der Waals surface area contributed by atoms with Crippen molar-refractivity contribution in [3.8, 4) is 11.3 Å². The number of aryl methyl sites for hydroxylation is 2. The van der Waals surface area contributed by atoms with Crippen LogP contribution < -0.4 is 5.73 Å². The van der Waals surface area contributed by atoms with Crippen molar-refractivity contribution in [2.24, 2.45) is 7.05 Å². The van der Waals surface area contributed by atoms with Crippen LogP contribution in [0.3, 0.4) is 0 Å². The van der Waals surface area contributed by atoms with Crippen LogP contribution in [0.4, 0.5) is 5.82 Å². The molecule has 17 heavy (non-hydrogen) atoms. The maximum absolute atomic E-state index is 6.23. The maximum atomic E-state index is 6.23. The summed E-state index contributed by atoms with van der Waals surface area (Å²) in [7, 11) is 1.90. The fourth-order valence-corrected chi connectivity index (χ4v) is 2.24. The molecular weight excluding hydrogens is 214 g/mol. The average molecular weight is 231 g/mol. The van der Waals surface area contributed by atoms with E-state index in [1.54, 1.807) is 4.68 Å². The normalized spacial score (nSPS) is 15.4. The lowest BCUT2D eigenvalue weighted by Crippen LogP contribution is -2.04. The number of hydrogen-bond acceptors (Lipinski definition) is 3. The molecule has 0 saturated heterocycles. The summed E-state index contributed by atoms with van der Waals surface area (Å²) in [6.45, 7) is 2.12. The number of imidazole rings is 1. The largest absolute Gasteiger partial charge is 0.383 e. The van der Waals surface area contributed by atoms with Crippen molar-refractivity contribution in [1.29, 1.82) is 0 Å². The number of aromatic nitrogens is 4. The summed E-state index contributed by atoms with van der Waals surface area (Å²) < 4.78 is 3.97. The van der Waals surface area contributed by atoms with E-state index in [9.17, 15) is 0 Å². The Morgan fingerprint density at radius 2 is 2.24 bits per heavy atom. The van der Waals surface area contributed by atoms with Crippen LogP contribution in [-0.2, 0) is 13.5 Å². The van der Waals surface area contributed by atoms with E-state index in [0.717, 1.165) is 29.3 Å². The van der Waals surface area contributed by atoms with Crippen LogP contribution in [0.5, 0.6) is 0 Å². The summed E-state index contributed by atoms with van der Waals surface area (Å²) in [6.07, 6.45) is 7.13. The highest BCUT2D eigenvalue weighted by Gasteiger charge is 2.29. The van der Waals surface area contributed by atoms with E-state index < -0.39 is 0 Å². The summed E-state index contributed by atoms with van der Waals surface area (Å²) in [5, 5.41) is 4.17. The molecule has 1 aliphatic rings. The number of nitrogen functional groups attached to an aromatic ring is 1. The molecule has 0 bridgehead atoms. The molecule has 0 spiro atoms. The summed E-state index contributed by atoms with van der Waals surface area (Å²) in [5.74, 6) is 1.88. The second-order valence-electron chi connectivity index (χ2n) is 4.62. The van der Waals surface area contributed by atoms with E-state index >= 15 is 0 Å². The minimum absolute atomic E-state index is 0.572. The van der Waals surface area contributed by atoms with Crippen molar-refractivity contribution in [3.63, 3.8) is 0 Å². The number of anilines is 1. The zero-order valence-electron chi connectivity index (χ0n) is 10.2. The van der Waals surface area contributed by atoms with Gasteiger partial charge in [0.1, 0.15) is 17.3 Å². The molecule has 0 atom stereocenters. The quantitative estimate of drug-likeness (QED) is 0.875. The van der Waals surface area contributed by atoms with Gasteiger partial charge < -0.3 is 10.3 Å². The van der Waals surface area contributed by atoms with Crippen LogP contribution in [0.1, 0.15) is 31.6 Å². The maximum Gasteiger partial charge on any atom is 0.132 e. The van der Waals surface area contributed by atoms with E-state index in [-0.39, 0.29) is 0 Å². The number of hydrogen-bond donors (Lipinski definition) is 1. The summed E-state index contributed by atoms with van der Waals surface area (Å²) in [6, 6.07) is 0.572. The van der Waals surface area contributed by atoms with Gasteiger partial charge in [-0.2, -0.15) is 5.10 Å². The van der Waals surface area contributed by atoms with Gasteiger partial charge in [-0.15, -0.1) is 0 Å². The van der Waals surface area contributed by atoms with Gasteiger partial charge in [-0.1, -0.05) is 6.92 Å². The monoisotopic (exact) mass is 231 g/mol. The van der Waals surface area contributed by atoms with Gasteiger partial charge in [0.15, 0.2) is 0 Å². The van der Waals surface area contributed by atoms with Crippen molar-refractivity contribution in [2.45, 2.75) is 32.2 Å². The Kier molecular flexibility index (Phi) is 2.21. The Morgan fingerprint density at radius 1 is 1.47 bits per heavy atom. The Morgan fingerprint density at radius 3 is 2.76 bits per heavy atom. The van der Waals surface area contributed by atoms with Gasteiger partial charge in [0.05, 0.1) is 6.20 Å². The third-order valence-corrected chi connectivity index (χ3v) is 3.23. The lowest BCUT2D eigenvalue weighted by atomic mass is 10.2. The average Bonchev–Trinajstić information content (AvgIpc) is 2.97. The molecule has 1 fully saturated rings. The predicted octanol–water partition coefficient (Wildman–Crippen LogP) is 1.76. The van der Waals surface area contributed by atoms with Crippen molar-refractivity contribution in [1.82, 2.24) is 19.3 Å². The molecule has 2 N–H and O–H groups in total. The van der Waals surface area contributed by atoms with E-state index in [1.807, 2.05) is 19.4 Å². The molecule has 0 aliphatic heterocycles. The van der Waals surface area contributed by atoms with E-state index in [4.69, 9.17) is 5.73 Å². The third-order valence-electron chi connectivity index (χ3n) is 3.23. The zero-order chi connectivity index (χ0) is 12.0. The van der Waals surface area contributed by atoms with E-state index in [1.165, 1.54) is 12.8 Å². The molecule has 1 saturated carbocycles. The standard InChI is InChI=1S/C12H17N5/c1-3-10-15-11(8-6-14-16(2)7-8)12(13)17(10)9-4-5-9/h6-7,9H,3-5,13H2,1-2H3. The zero-order valence-corrected chi connectivity index (χ0v) is 10.2. The first-order valence-corrected chi connectivity index (χ1v) is 6.06. The molecule has 3 rings (SSSR count). The molecule has 2 heterocycles. The highest BCUT2D eigenvalue weighted by atomic mass is 15.2. The molecule has 2 aromatic heterocycles. The van der Waals surface area contributed by atoms with Crippen molar-refractivity contribution in [2.75, 3.05) is 5.73 Å². The van der Waals surface area contributed by atoms with E-state index in [2.05, 4.69) is 21.6 Å². The Hall–Kier alpha value is -1.78. The number of nitrogens with two attached hydrogens (primary N) is 1. The first-order valence-electron chi connectivity index (χ1n) is 6.06. The van der Waals surface area contributed by atoms with Crippen molar-refractivity contribution >= 4 is 5.82 Å². The Labute approximate surface area is 100 Å². The number of rotatable bonds is 3. The molecule has 1 aliphatic carbocycles. The molecular formula is C12H17N5. The van der Waals surface area contributed by atoms with Gasteiger partial charge in [0.2, 0.25) is 0 Å². The van der Waals surface area contributed by atoms with Crippen molar-refractivity contribution in [3.05, 3.63) is 18.2 Å². The molecule has 0 amide bonds. The summed E-state index contributed by atoms with van der Waals surface area (Å²) in [4.78, 5) is 4.66. The van der Waals surface area contributed by atoms with Crippen LogP contribution in [0.25, 0.3) is 11.3 Å². The van der Waals surface area contributed by atoms with Crippen LogP contribution in [0.2, 0.25) is 0 Å². The topological polar surface area (TPSA) is 61.7 Å². The molecule has 5 nitrogen and oxygen atoms in total. The second-order valence-corrected chi connectivity index (χ2v) is 4.62. The smallest absolute Gasteiger partial charge is 0.132 e. The minimum Gasteiger partial charge on any atom is -0.383 e. The van der Waals surface area contributed by atoms with Crippen molar-refractivity contribution < 1.29 is 0 Å². The third kappa shape index (κ3) is 1.62. The van der Waals surface area contributed by atoms with Crippen LogP contribution in [0, 0.1) is 0 Å². The number of nitrogens with zero attached hydrogens (tertiary/aromatic N) is 4. The van der Waals surface area contributed by atoms with Crippen LogP contribution in [-0.4, -0.2) is 19.3 Å². The summed E-state index contributed by atoms with van der Waals surface area (Å²) in [5.41, 5.74) is 8.10. The summed E-state index contributed by atoms with van der Waals surface area (Å²) >= 11 is 0. The fraction of sp³-hybridized carbons (Fsp3) is 0.500. The first-order chi connectivity index (χ1) is 8.20. The van der Waals surface area contributed by atoms with Gasteiger partial charge in [-0.25, -0.2) is 4.98 Å². The van der Waals surface area contributed by atoms with Gasteiger partial charge in [0, 0.05) is 31.3 Å². The molecule has 5 heteroatoms. The molecule has 0 unspecified atom stereocenters. The highest BCUT2D eigenvalue weighted by Crippen LogP contribution is 2.40. The Bertz CT molecular complexity index is 547.